The highest BCUT2D eigenvalue weighted by Gasteiger charge is 2.25. The number of aromatic nitrogens is 2. The van der Waals surface area contributed by atoms with E-state index in [4.69, 9.17) is 4.98 Å². The van der Waals surface area contributed by atoms with Gasteiger partial charge in [0.2, 0.25) is 5.91 Å². The Balaban J connectivity index is 1.57. The number of thiophene rings is 1. The summed E-state index contributed by atoms with van der Waals surface area (Å²) in [5, 5.41) is 1.08. The molecule has 0 aliphatic heterocycles. The number of carbonyl (C=O) groups excluding carboxylic acids is 1. The van der Waals surface area contributed by atoms with Crippen LogP contribution >= 0.6 is 23.1 Å². The fourth-order valence-electron chi connectivity index (χ4n) is 3.99. The number of hydrogen-bond donors (Lipinski definition) is 0. The molecule has 2 heterocycles. The molecule has 0 bridgehead atoms. The Morgan fingerprint density at radius 2 is 2.00 bits per heavy atom. The van der Waals surface area contributed by atoms with Gasteiger partial charge < -0.3 is 4.90 Å². The lowest BCUT2D eigenvalue weighted by Gasteiger charge is -2.24. The highest BCUT2D eigenvalue weighted by Crippen LogP contribution is 2.35. The van der Waals surface area contributed by atoms with E-state index in [9.17, 15) is 9.59 Å². The highest BCUT2D eigenvalue weighted by molar-refractivity contribution is 8.00. The molecule has 0 spiro atoms. The van der Waals surface area contributed by atoms with Crippen molar-refractivity contribution in [1.82, 2.24) is 14.5 Å². The maximum absolute atomic E-state index is 13.1. The quantitative estimate of drug-likeness (QED) is 0.420. The molecule has 4 rings (SSSR count). The van der Waals surface area contributed by atoms with Crippen molar-refractivity contribution < 1.29 is 4.79 Å². The van der Waals surface area contributed by atoms with E-state index in [0.717, 1.165) is 35.0 Å². The van der Waals surface area contributed by atoms with E-state index in [-0.39, 0.29) is 16.7 Å². The summed E-state index contributed by atoms with van der Waals surface area (Å²) in [6.45, 7) is 5.12. The van der Waals surface area contributed by atoms with Crippen LogP contribution in [0, 0.1) is 0 Å². The molecule has 1 amide bonds. The number of thioether (sulfide) groups is 1. The molecule has 30 heavy (non-hydrogen) atoms. The Bertz CT molecular complexity index is 1120. The van der Waals surface area contributed by atoms with Gasteiger partial charge in [-0.3, -0.25) is 14.2 Å². The second kappa shape index (κ2) is 8.94. The van der Waals surface area contributed by atoms with Crippen molar-refractivity contribution in [2.24, 2.45) is 7.05 Å². The molecule has 3 aromatic rings. The summed E-state index contributed by atoms with van der Waals surface area (Å²) in [5.41, 5.74) is 2.33. The Morgan fingerprint density at radius 3 is 2.73 bits per heavy atom. The van der Waals surface area contributed by atoms with Crippen LogP contribution in [-0.4, -0.2) is 32.2 Å². The molecule has 1 unspecified atom stereocenters. The minimum atomic E-state index is -0.321. The van der Waals surface area contributed by atoms with Gasteiger partial charge in [-0.1, -0.05) is 42.1 Å². The van der Waals surface area contributed by atoms with Gasteiger partial charge in [0.25, 0.3) is 5.56 Å². The van der Waals surface area contributed by atoms with Gasteiger partial charge in [0.1, 0.15) is 4.83 Å². The molecule has 0 saturated heterocycles. The second-order valence-corrected chi connectivity index (χ2v) is 10.1. The Morgan fingerprint density at radius 1 is 1.27 bits per heavy atom. The van der Waals surface area contributed by atoms with Crippen LogP contribution in [0.5, 0.6) is 0 Å². The Labute approximate surface area is 185 Å². The van der Waals surface area contributed by atoms with E-state index < -0.39 is 0 Å². The molecule has 0 N–H and O–H groups in total. The molecular weight excluding hydrogens is 414 g/mol. The summed E-state index contributed by atoms with van der Waals surface area (Å²) >= 11 is 3.03. The summed E-state index contributed by atoms with van der Waals surface area (Å²) in [7, 11) is 1.77. The lowest BCUT2D eigenvalue weighted by Crippen LogP contribution is -2.36. The zero-order chi connectivity index (χ0) is 21.3. The average molecular weight is 442 g/mol. The van der Waals surface area contributed by atoms with E-state index in [2.05, 4.69) is 0 Å². The molecule has 5 nitrogen and oxygen atoms in total. The minimum absolute atomic E-state index is 0.0122. The summed E-state index contributed by atoms with van der Waals surface area (Å²) in [4.78, 5) is 35.0. The van der Waals surface area contributed by atoms with Crippen LogP contribution in [-0.2, 0) is 31.2 Å². The average Bonchev–Trinajstić information content (AvgIpc) is 3.14. The van der Waals surface area contributed by atoms with Crippen LogP contribution < -0.4 is 5.56 Å². The Kier molecular flexibility index (Phi) is 6.29. The van der Waals surface area contributed by atoms with E-state index in [0.29, 0.717) is 18.2 Å². The number of nitrogens with zero attached hydrogens (tertiary/aromatic N) is 3. The number of aryl methyl sites for hydroxylation is 2. The lowest BCUT2D eigenvalue weighted by molar-refractivity contribution is -0.130. The van der Waals surface area contributed by atoms with Gasteiger partial charge >= 0.3 is 0 Å². The van der Waals surface area contributed by atoms with Crippen LogP contribution in [0.25, 0.3) is 10.2 Å². The van der Waals surface area contributed by atoms with Crippen LogP contribution in [0.4, 0.5) is 0 Å². The lowest BCUT2D eigenvalue weighted by atomic mass is 9.97. The van der Waals surface area contributed by atoms with Gasteiger partial charge in [0.15, 0.2) is 5.16 Å². The van der Waals surface area contributed by atoms with Crippen LogP contribution in [0.15, 0.2) is 40.3 Å². The van der Waals surface area contributed by atoms with Crippen molar-refractivity contribution in [3.63, 3.8) is 0 Å². The number of rotatable bonds is 6. The van der Waals surface area contributed by atoms with Gasteiger partial charge in [-0.15, -0.1) is 11.3 Å². The first kappa shape index (κ1) is 21.1. The summed E-state index contributed by atoms with van der Waals surface area (Å²) in [6, 6.07) is 10.0. The zero-order valence-corrected chi connectivity index (χ0v) is 19.3. The van der Waals surface area contributed by atoms with Crippen molar-refractivity contribution in [2.45, 2.75) is 56.5 Å². The van der Waals surface area contributed by atoms with Gasteiger partial charge in [-0.2, -0.15) is 0 Å². The Hall–Kier alpha value is -2.12. The van der Waals surface area contributed by atoms with E-state index in [1.165, 1.54) is 28.6 Å². The summed E-state index contributed by atoms with van der Waals surface area (Å²) in [5.74, 6) is 0.0613. The molecule has 0 fully saturated rings. The van der Waals surface area contributed by atoms with Gasteiger partial charge in [0.05, 0.1) is 10.6 Å². The number of carbonyl (C=O) groups is 1. The standard InChI is InChI=1S/C23H27N3O2S2/c1-4-26(14-16-10-6-5-7-11-16)21(27)15(2)29-23-24-20-19(22(28)25(23)3)17-12-8-9-13-18(17)30-20/h5-7,10-11,15H,4,8-9,12-14H2,1-3H3. The first-order chi connectivity index (χ1) is 14.5. The molecule has 1 atom stereocenters. The fraction of sp³-hybridized carbons (Fsp3) is 0.435. The second-order valence-electron chi connectivity index (χ2n) is 7.75. The molecule has 1 aliphatic rings. The van der Waals surface area contributed by atoms with Gasteiger partial charge in [0, 0.05) is 25.0 Å². The third kappa shape index (κ3) is 4.05. The molecule has 0 radical (unpaired) electrons. The van der Waals surface area contributed by atoms with Crippen molar-refractivity contribution in [2.75, 3.05) is 6.54 Å². The number of benzene rings is 1. The number of hydrogen-bond acceptors (Lipinski definition) is 5. The number of amides is 1. The van der Waals surface area contributed by atoms with Crippen LogP contribution in [0.3, 0.4) is 0 Å². The molecule has 1 aromatic carbocycles. The number of fused-ring (bicyclic) bond motifs is 3. The maximum atomic E-state index is 13.1. The predicted octanol–water partition coefficient (Wildman–Crippen LogP) is 4.40. The normalized spacial score (nSPS) is 14.5. The van der Waals surface area contributed by atoms with Crippen LogP contribution in [0.2, 0.25) is 0 Å². The van der Waals surface area contributed by atoms with Crippen molar-refractivity contribution in [3.05, 3.63) is 56.7 Å². The molecule has 2 aromatic heterocycles. The molecule has 1 aliphatic carbocycles. The largest absolute Gasteiger partial charge is 0.338 e. The predicted molar refractivity (Wildman–Crippen MR) is 124 cm³/mol. The highest BCUT2D eigenvalue weighted by atomic mass is 32.2. The monoisotopic (exact) mass is 441 g/mol. The van der Waals surface area contributed by atoms with E-state index in [1.54, 1.807) is 23.0 Å². The minimum Gasteiger partial charge on any atom is -0.338 e. The smallest absolute Gasteiger partial charge is 0.262 e. The molecular formula is C23H27N3O2S2. The SMILES string of the molecule is CCN(Cc1ccccc1)C(=O)C(C)Sc1nc2sc3c(c2c(=O)n1C)CCCC3. The van der Waals surface area contributed by atoms with Crippen molar-refractivity contribution in [3.8, 4) is 0 Å². The first-order valence-electron chi connectivity index (χ1n) is 10.5. The van der Waals surface area contributed by atoms with E-state index in [1.807, 2.05) is 49.1 Å². The fourth-order valence-corrected chi connectivity index (χ4v) is 6.25. The summed E-state index contributed by atoms with van der Waals surface area (Å²) < 4.78 is 1.62. The van der Waals surface area contributed by atoms with Crippen LogP contribution in [0.1, 0.15) is 42.7 Å². The van der Waals surface area contributed by atoms with Crippen molar-refractivity contribution >= 4 is 39.2 Å². The maximum Gasteiger partial charge on any atom is 0.262 e. The molecule has 7 heteroatoms. The van der Waals surface area contributed by atoms with Gasteiger partial charge in [-0.05, 0) is 50.7 Å². The summed E-state index contributed by atoms with van der Waals surface area (Å²) in [6.07, 6.45) is 4.33. The molecule has 0 saturated carbocycles. The third-order valence-corrected chi connectivity index (χ3v) is 8.01. The van der Waals surface area contributed by atoms with Gasteiger partial charge in [-0.25, -0.2) is 4.98 Å². The molecule has 158 valence electrons. The first-order valence-corrected chi connectivity index (χ1v) is 12.2. The third-order valence-electron chi connectivity index (χ3n) is 5.69. The van der Waals surface area contributed by atoms with E-state index >= 15 is 0 Å². The zero-order valence-electron chi connectivity index (χ0n) is 17.7. The topological polar surface area (TPSA) is 55.2 Å². The van der Waals surface area contributed by atoms with Crippen molar-refractivity contribution in [1.29, 1.82) is 0 Å².